The molecule has 0 aliphatic rings. The van der Waals surface area contributed by atoms with Crippen LogP contribution in [0.15, 0.2) is 18.2 Å². The number of halogens is 2. The van der Waals surface area contributed by atoms with Crippen LogP contribution in [0.2, 0.25) is 5.02 Å². The van der Waals surface area contributed by atoms with Crippen LogP contribution in [0.4, 0.5) is 5.13 Å². The molecule has 0 unspecified atom stereocenters. The zero-order valence-electron chi connectivity index (χ0n) is 19.4. The number of thiazole rings is 1. The van der Waals surface area contributed by atoms with Crippen LogP contribution in [0.5, 0.6) is 5.75 Å². The third kappa shape index (κ3) is 5.36. The average Bonchev–Trinajstić information content (AvgIpc) is 3.36. The van der Waals surface area contributed by atoms with Crippen molar-refractivity contribution in [1.82, 2.24) is 19.7 Å². The van der Waals surface area contributed by atoms with Gasteiger partial charge < -0.3 is 9.64 Å². The third-order valence-electron chi connectivity index (χ3n) is 5.24. The summed E-state index contributed by atoms with van der Waals surface area (Å²) in [6, 6.07) is 5.51. The molecule has 2 aromatic heterocycles. The summed E-state index contributed by atoms with van der Waals surface area (Å²) >= 11 is 7.84. The fraction of sp³-hybridized carbons (Fsp3) is 0.500. The fourth-order valence-electron chi connectivity index (χ4n) is 3.49. The Labute approximate surface area is 204 Å². The zero-order chi connectivity index (χ0) is 22.7. The van der Waals surface area contributed by atoms with Crippen LogP contribution < -0.4 is 9.64 Å². The zero-order valence-corrected chi connectivity index (χ0v) is 21.8. The van der Waals surface area contributed by atoms with Gasteiger partial charge in [0.25, 0.3) is 5.91 Å². The second kappa shape index (κ2) is 11.3. The largest absolute Gasteiger partial charge is 0.494 e. The maximum atomic E-state index is 13.7. The lowest BCUT2D eigenvalue weighted by Crippen LogP contribution is -2.39. The van der Waals surface area contributed by atoms with E-state index in [1.54, 1.807) is 28.8 Å². The van der Waals surface area contributed by atoms with Crippen molar-refractivity contribution in [3.8, 4) is 5.75 Å². The van der Waals surface area contributed by atoms with E-state index in [9.17, 15) is 4.79 Å². The molecule has 3 aromatic rings. The van der Waals surface area contributed by atoms with Gasteiger partial charge in [-0.2, -0.15) is 5.10 Å². The minimum Gasteiger partial charge on any atom is -0.494 e. The Morgan fingerprint density at radius 3 is 2.53 bits per heavy atom. The Hall–Kier alpha value is -1.87. The molecule has 0 saturated heterocycles. The normalized spacial score (nSPS) is 11.3. The number of carbonyl (C=O) groups is 1. The van der Waals surface area contributed by atoms with E-state index in [2.05, 4.69) is 23.8 Å². The summed E-state index contributed by atoms with van der Waals surface area (Å²) in [7, 11) is 1.61. The van der Waals surface area contributed by atoms with E-state index < -0.39 is 0 Å². The monoisotopic (exact) mass is 499 g/mol. The van der Waals surface area contributed by atoms with E-state index >= 15 is 0 Å². The quantitative estimate of drug-likeness (QED) is 0.391. The molecule has 3 rings (SSSR count). The van der Waals surface area contributed by atoms with E-state index in [1.807, 2.05) is 26.8 Å². The van der Waals surface area contributed by atoms with Crippen molar-refractivity contribution in [3.05, 3.63) is 34.6 Å². The average molecular weight is 500 g/mol. The highest BCUT2D eigenvalue weighted by molar-refractivity contribution is 7.23. The molecule has 2 heterocycles. The number of amides is 1. The molecule has 32 heavy (non-hydrogen) atoms. The number of fused-ring (bicyclic) bond motifs is 1. The smallest absolute Gasteiger partial charge is 0.278 e. The molecule has 1 amide bonds. The predicted molar refractivity (Wildman–Crippen MR) is 135 cm³/mol. The maximum Gasteiger partial charge on any atom is 0.278 e. The van der Waals surface area contributed by atoms with Crippen LogP contribution >= 0.6 is 35.3 Å². The predicted octanol–water partition coefficient (Wildman–Crippen LogP) is 5.45. The second-order valence-electron chi connectivity index (χ2n) is 7.62. The van der Waals surface area contributed by atoms with Crippen molar-refractivity contribution in [2.45, 2.75) is 40.7 Å². The third-order valence-corrected chi connectivity index (χ3v) is 6.78. The lowest BCUT2D eigenvalue weighted by molar-refractivity contribution is 0.0971. The number of hydrogen-bond acceptors (Lipinski definition) is 6. The Morgan fingerprint density at radius 1 is 1.25 bits per heavy atom. The number of nitrogens with zero attached hydrogens (tertiary/aromatic N) is 5. The lowest BCUT2D eigenvalue weighted by Gasteiger charge is -2.25. The summed E-state index contributed by atoms with van der Waals surface area (Å²) in [5, 5.41) is 5.72. The highest BCUT2D eigenvalue weighted by Gasteiger charge is 2.27. The van der Waals surface area contributed by atoms with Gasteiger partial charge >= 0.3 is 0 Å². The number of aryl methyl sites for hydroxylation is 1. The van der Waals surface area contributed by atoms with Crippen LogP contribution in [0.25, 0.3) is 10.2 Å². The van der Waals surface area contributed by atoms with Crippen molar-refractivity contribution in [3.63, 3.8) is 0 Å². The van der Waals surface area contributed by atoms with Gasteiger partial charge in [0.15, 0.2) is 5.13 Å². The van der Waals surface area contributed by atoms with Gasteiger partial charge in [0.1, 0.15) is 17.0 Å². The summed E-state index contributed by atoms with van der Waals surface area (Å²) in [5.74, 6) is 0.525. The SMILES string of the molecule is CCN(CC)CCN(C(=O)c1cc(C)nn1C(C)C)c1nc2c(OC)ccc(Cl)c2s1.Cl. The molecule has 0 aliphatic heterocycles. The summed E-state index contributed by atoms with van der Waals surface area (Å²) in [5.41, 5.74) is 2.04. The first-order valence-corrected chi connectivity index (χ1v) is 11.7. The maximum absolute atomic E-state index is 13.7. The van der Waals surface area contributed by atoms with Gasteiger partial charge in [0, 0.05) is 19.1 Å². The van der Waals surface area contributed by atoms with Crippen LogP contribution in [-0.4, -0.2) is 58.9 Å². The van der Waals surface area contributed by atoms with Crippen LogP contribution in [0.3, 0.4) is 0 Å². The molecule has 0 atom stereocenters. The van der Waals surface area contributed by atoms with E-state index in [0.29, 0.717) is 33.7 Å². The molecule has 176 valence electrons. The molecule has 10 heteroatoms. The van der Waals surface area contributed by atoms with Crippen molar-refractivity contribution < 1.29 is 9.53 Å². The van der Waals surface area contributed by atoms with E-state index in [4.69, 9.17) is 21.3 Å². The highest BCUT2D eigenvalue weighted by Crippen LogP contribution is 2.39. The number of benzene rings is 1. The minimum absolute atomic E-state index is 0. The molecule has 0 radical (unpaired) electrons. The van der Waals surface area contributed by atoms with Crippen molar-refractivity contribution in [2.75, 3.05) is 38.2 Å². The van der Waals surface area contributed by atoms with E-state index in [-0.39, 0.29) is 24.4 Å². The number of aromatic nitrogens is 3. The highest BCUT2D eigenvalue weighted by atomic mass is 35.5. The Morgan fingerprint density at radius 2 is 1.94 bits per heavy atom. The molecule has 0 fully saturated rings. The van der Waals surface area contributed by atoms with E-state index in [0.717, 1.165) is 30.0 Å². The van der Waals surface area contributed by atoms with Crippen LogP contribution in [-0.2, 0) is 0 Å². The fourth-order valence-corrected chi connectivity index (χ4v) is 4.78. The summed E-state index contributed by atoms with van der Waals surface area (Å²) in [4.78, 5) is 22.5. The number of likely N-dealkylation sites (N-methyl/N-ethyl adjacent to an activating group) is 1. The number of anilines is 1. The van der Waals surface area contributed by atoms with Gasteiger partial charge in [0.05, 0.1) is 22.5 Å². The molecule has 0 saturated carbocycles. The first kappa shape index (κ1) is 26.4. The van der Waals surface area contributed by atoms with Gasteiger partial charge in [-0.1, -0.05) is 36.8 Å². The van der Waals surface area contributed by atoms with Gasteiger partial charge in [0.2, 0.25) is 0 Å². The first-order valence-electron chi connectivity index (χ1n) is 10.5. The van der Waals surface area contributed by atoms with Crippen molar-refractivity contribution in [1.29, 1.82) is 0 Å². The molecule has 0 N–H and O–H groups in total. The summed E-state index contributed by atoms with van der Waals surface area (Å²) < 4.78 is 8.06. The van der Waals surface area contributed by atoms with Gasteiger partial charge in [-0.25, -0.2) is 4.98 Å². The molecular weight excluding hydrogens is 469 g/mol. The van der Waals surface area contributed by atoms with Crippen LogP contribution in [0, 0.1) is 6.92 Å². The Kier molecular flexibility index (Phi) is 9.33. The Bertz CT molecular complexity index is 1060. The number of methoxy groups -OCH3 is 1. The summed E-state index contributed by atoms with van der Waals surface area (Å²) in [6.07, 6.45) is 0. The molecule has 0 aliphatic carbocycles. The number of ether oxygens (including phenoxy) is 1. The summed E-state index contributed by atoms with van der Waals surface area (Å²) in [6.45, 7) is 13.3. The lowest BCUT2D eigenvalue weighted by atomic mass is 10.3. The molecule has 0 spiro atoms. The topological polar surface area (TPSA) is 63.5 Å². The number of rotatable bonds is 9. The van der Waals surface area contributed by atoms with Crippen LogP contribution in [0.1, 0.15) is 49.9 Å². The van der Waals surface area contributed by atoms with Crippen molar-refractivity contribution in [2.24, 2.45) is 0 Å². The Balaban J connectivity index is 0.00000363. The second-order valence-corrected chi connectivity index (χ2v) is 9.00. The van der Waals surface area contributed by atoms with Gasteiger partial charge in [-0.3, -0.25) is 14.4 Å². The first-order chi connectivity index (χ1) is 14.8. The number of hydrogen-bond donors (Lipinski definition) is 0. The van der Waals surface area contributed by atoms with Crippen molar-refractivity contribution >= 4 is 56.6 Å². The number of carbonyl (C=O) groups excluding carboxylic acids is 1. The molecule has 0 bridgehead atoms. The molecule has 1 aromatic carbocycles. The standard InChI is InChI=1S/C22H30ClN5O2S.ClH/c1-7-26(8-2)11-12-27(21(29)17-13-15(5)25-28(17)14(3)4)22-24-19-18(30-6)10-9-16(23)20(19)31-22;/h9-10,13-14H,7-8,11-12H2,1-6H3;1H. The van der Waals surface area contributed by atoms with Gasteiger partial charge in [-0.15, -0.1) is 12.4 Å². The molecular formula is C22H31Cl2N5O2S. The molecule has 7 nitrogen and oxygen atoms in total. The van der Waals surface area contributed by atoms with E-state index in [1.165, 1.54) is 11.3 Å². The minimum atomic E-state index is -0.115. The van der Waals surface area contributed by atoms with Gasteiger partial charge in [-0.05, 0) is 52.1 Å².